The van der Waals surface area contributed by atoms with Gasteiger partial charge < -0.3 is 20.5 Å². The first-order valence-electron chi connectivity index (χ1n) is 9.00. The number of nitrogens with two attached hydrogens (primary N) is 1. The zero-order chi connectivity index (χ0) is 21.0. The number of nitrogens with zero attached hydrogens (tertiary/aromatic N) is 2. The molecule has 0 atom stereocenters. The van der Waals surface area contributed by atoms with Gasteiger partial charge in [0, 0.05) is 11.3 Å². The van der Waals surface area contributed by atoms with Crippen LogP contribution in [0.2, 0.25) is 0 Å². The highest BCUT2D eigenvalue weighted by Gasteiger charge is 2.16. The Balaban J connectivity index is 1.87. The Hall–Kier alpha value is -3.00. The number of anilines is 3. The van der Waals surface area contributed by atoms with E-state index in [1.165, 1.54) is 18.3 Å². The third kappa shape index (κ3) is 4.89. The number of halogens is 1. The fourth-order valence-corrected chi connectivity index (χ4v) is 3.29. The van der Waals surface area contributed by atoms with Gasteiger partial charge in [0.05, 0.1) is 18.2 Å². The molecule has 0 saturated heterocycles. The first-order valence-corrected chi connectivity index (χ1v) is 10.2. The second-order valence-electron chi connectivity index (χ2n) is 6.58. The molecule has 0 spiro atoms. The smallest absolute Gasteiger partial charge is 0.229 e. The van der Waals surface area contributed by atoms with Crippen LogP contribution in [-0.2, 0) is 0 Å². The van der Waals surface area contributed by atoms with Crippen LogP contribution in [0.4, 0.5) is 21.8 Å². The Bertz CT molecular complexity index is 997. The number of hydrogen-bond acceptors (Lipinski definition) is 7. The molecule has 3 N–H and O–H groups in total. The molecule has 0 bridgehead atoms. The molecule has 2 aromatic carbocycles. The molecule has 0 aliphatic carbocycles. The lowest BCUT2D eigenvalue weighted by Gasteiger charge is -2.18. The number of methoxy groups -OCH3 is 1. The lowest BCUT2D eigenvalue weighted by atomic mass is 10.0. The summed E-state index contributed by atoms with van der Waals surface area (Å²) in [4.78, 5) is 9.46. The zero-order valence-electron chi connectivity index (χ0n) is 16.7. The highest BCUT2D eigenvalue weighted by Crippen LogP contribution is 2.40. The van der Waals surface area contributed by atoms with Crippen molar-refractivity contribution in [3.8, 4) is 17.2 Å². The van der Waals surface area contributed by atoms with Crippen molar-refractivity contribution in [2.45, 2.75) is 24.7 Å². The number of aromatic nitrogens is 2. The van der Waals surface area contributed by atoms with E-state index in [9.17, 15) is 4.39 Å². The molecule has 0 amide bonds. The number of nitrogen functional groups attached to an aromatic ring is 1. The van der Waals surface area contributed by atoms with E-state index in [-0.39, 0.29) is 17.6 Å². The highest BCUT2D eigenvalue weighted by atomic mass is 32.2. The van der Waals surface area contributed by atoms with E-state index < -0.39 is 0 Å². The SMILES string of the molecule is COc1cc(C(C)C)c(Oc2cnc(Nc3ccc(F)cc3)nc2N)cc1SC. The molecular weight excluding hydrogens is 391 g/mol. The maximum Gasteiger partial charge on any atom is 0.229 e. The molecule has 0 fully saturated rings. The summed E-state index contributed by atoms with van der Waals surface area (Å²) in [5.41, 5.74) is 7.74. The van der Waals surface area contributed by atoms with Crippen molar-refractivity contribution in [1.29, 1.82) is 0 Å². The highest BCUT2D eigenvalue weighted by molar-refractivity contribution is 7.98. The van der Waals surface area contributed by atoms with E-state index in [2.05, 4.69) is 29.1 Å². The van der Waals surface area contributed by atoms with Crippen LogP contribution in [0, 0.1) is 5.82 Å². The van der Waals surface area contributed by atoms with Gasteiger partial charge in [0.25, 0.3) is 0 Å². The van der Waals surface area contributed by atoms with Crippen molar-refractivity contribution >= 4 is 29.2 Å². The Morgan fingerprint density at radius 1 is 1.10 bits per heavy atom. The molecule has 0 aliphatic heterocycles. The van der Waals surface area contributed by atoms with Crippen LogP contribution in [0.15, 0.2) is 47.5 Å². The van der Waals surface area contributed by atoms with E-state index in [1.54, 1.807) is 31.0 Å². The van der Waals surface area contributed by atoms with Gasteiger partial charge in [-0.2, -0.15) is 4.98 Å². The van der Waals surface area contributed by atoms with Crippen LogP contribution in [0.25, 0.3) is 0 Å². The molecule has 3 aromatic rings. The number of nitrogens with one attached hydrogen (secondary N) is 1. The molecule has 0 radical (unpaired) electrons. The van der Waals surface area contributed by atoms with Crippen molar-refractivity contribution < 1.29 is 13.9 Å². The summed E-state index contributed by atoms with van der Waals surface area (Å²) in [6.45, 7) is 4.16. The molecule has 1 heterocycles. The summed E-state index contributed by atoms with van der Waals surface area (Å²) in [6.07, 6.45) is 3.49. The third-order valence-corrected chi connectivity index (χ3v) is 5.00. The lowest BCUT2D eigenvalue weighted by molar-refractivity contribution is 0.400. The van der Waals surface area contributed by atoms with E-state index in [1.807, 2.05) is 18.4 Å². The first kappa shape index (κ1) is 20.7. The Kier molecular flexibility index (Phi) is 6.43. The summed E-state index contributed by atoms with van der Waals surface area (Å²) >= 11 is 1.57. The zero-order valence-corrected chi connectivity index (χ0v) is 17.5. The summed E-state index contributed by atoms with van der Waals surface area (Å²) in [5, 5.41) is 2.98. The van der Waals surface area contributed by atoms with Crippen LogP contribution in [0.3, 0.4) is 0 Å². The van der Waals surface area contributed by atoms with Gasteiger partial charge in [0.1, 0.15) is 17.3 Å². The Labute approximate surface area is 173 Å². The molecular formula is C21H23FN4O2S. The summed E-state index contributed by atoms with van der Waals surface area (Å²) in [6, 6.07) is 9.80. The van der Waals surface area contributed by atoms with Gasteiger partial charge in [-0.1, -0.05) is 13.8 Å². The topological polar surface area (TPSA) is 82.3 Å². The summed E-state index contributed by atoms with van der Waals surface area (Å²) < 4.78 is 24.6. The molecule has 0 unspecified atom stereocenters. The molecule has 0 aliphatic rings. The fourth-order valence-electron chi connectivity index (χ4n) is 2.72. The van der Waals surface area contributed by atoms with Crippen LogP contribution in [0.5, 0.6) is 17.2 Å². The summed E-state index contributed by atoms with van der Waals surface area (Å²) in [7, 11) is 1.65. The molecule has 8 heteroatoms. The Morgan fingerprint density at radius 3 is 2.41 bits per heavy atom. The number of thioether (sulfide) groups is 1. The van der Waals surface area contributed by atoms with Gasteiger partial charge >= 0.3 is 0 Å². The van der Waals surface area contributed by atoms with Gasteiger partial charge in [-0.15, -0.1) is 11.8 Å². The van der Waals surface area contributed by atoms with Crippen molar-refractivity contribution in [2.75, 3.05) is 24.4 Å². The van der Waals surface area contributed by atoms with Crippen LogP contribution in [0.1, 0.15) is 25.3 Å². The second kappa shape index (κ2) is 9.00. The molecule has 3 rings (SSSR count). The summed E-state index contributed by atoms with van der Waals surface area (Å²) in [5.74, 6) is 2.23. The lowest BCUT2D eigenvalue weighted by Crippen LogP contribution is -2.03. The predicted molar refractivity (Wildman–Crippen MR) is 115 cm³/mol. The number of rotatable bonds is 7. The molecule has 1 aromatic heterocycles. The minimum absolute atomic E-state index is 0.195. The van der Waals surface area contributed by atoms with Crippen LogP contribution in [-0.4, -0.2) is 23.3 Å². The predicted octanol–water partition coefficient (Wildman–Crippen LogP) is 5.59. The normalized spacial score (nSPS) is 10.8. The van der Waals surface area contributed by atoms with Gasteiger partial charge in [-0.05, 0) is 48.6 Å². The Morgan fingerprint density at radius 2 is 1.83 bits per heavy atom. The molecule has 29 heavy (non-hydrogen) atoms. The van der Waals surface area contributed by atoms with Crippen molar-refractivity contribution in [3.63, 3.8) is 0 Å². The van der Waals surface area contributed by atoms with Crippen molar-refractivity contribution in [1.82, 2.24) is 9.97 Å². The minimum Gasteiger partial charge on any atom is -0.496 e. The molecule has 6 nitrogen and oxygen atoms in total. The maximum atomic E-state index is 13.0. The van der Waals surface area contributed by atoms with Gasteiger partial charge in [0.15, 0.2) is 11.6 Å². The minimum atomic E-state index is -0.315. The average Bonchev–Trinajstić information content (AvgIpc) is 2.71. The average molecular weight is 415 g/mol. The van der Waals surface area contributed by atoms with Crippen molar-refractivity contribution in [2.24, 2.45) is 0 Å². The van der Waals surface area contributed by atoms with E-state index >= 15 is 0 Å². The van der Waals surface area contributed by atoms with E-state index in [0.29, 0.717) is 23.1 Å². The maximum absolute atomic E-state index is 13.0. The quantitative estimate of drug-likeness (QED) is 0.488. The van der Waals surface area contributed by atoms with Gasteiger partial charge in [-0.25, -0.2) is 9.37 Å². The third-order valence-electron chi connectivity index (χ3n) is 4.24. The molecule has 0 saturated carbocycles. The standard InChI is InChI=1S/C21H23FN4O2S/c1-12(2)15-9-17(27-3)19(29-4)10-16(15)28-18-11-24-21(26-20(18)23)25-14-7-5-13(22)6-8-14/h5-12H,1-4H3,(H3,23,24,25,26). The first-order chi connectivity index (χ1) is 13.9. The van der Waals surface area contributed by atoms with E-state index in [4.69, 9.17) is 15.2 Å². The van der Waals surface area contributed by atoms with Crippen molar-refractivity contribution in [3.05, 3.63) is 54.0 Å². The number of benzene rings is 2. The number of ether oxygens (including phenoxy) is 2. The van der Waals surface area contributed by atoms with E-state index in [0.717, 1.165) is 16.2 Å². The fraction of sp³-hybridized carbons (Fsp3) is 0.238. The van der Waals surface area contributed by atoms with Gasteiger partial charge in [0.2, 0.25) is 5.95 Å². The molecule has 152 valence electrons. The second-order valence-corrected chi connectivity index (χ2v) is 7.42. The number of hydrogen-bond donors (Lipinski definition) is 2. The van der Waals surface area contributed by atoms with Gasteiger partial charge in [-0.3, -0.25) is 0 Å². The monoisotopic (exact) mass is 414 g/mol. The van der Waals surface area contributed by atoms with Crippen LogP contribution < -0.4 is 20.5 Å². The van der Waals surface area contributed by atoms with Crippen LogP contribution >= 0.6 is 11.8 Å². The largest absolute Gasteiger partial charge is 0.496 e.